The van der Waals surface area contributed by atoms with Gasteiger partial charge in [-0.1, -0.05) is 30.3 Å². The number of ether oxygens (including phenoxy) is 1. The molecule has 2 atom stereocenters. The molecular formula is C17H23N3O. The van der Waals surface area contributed by atoms with Crippen molar-refractivity contribution in [2.75, 3.05) is 13.2 Å². The van der Waals surface area contributed by atoms with Crippen molar-refractivity contribution in [3.63, 3.8) is 0 Å². The molecule has 0 amide bonds. The van der Waals surface area contributed by atoms with Gasteiger partial charge in [-0.3, -0.25) is 4.68 Å². The van der Waals surface area contributed by atoms with E-state index < -0.39 is 0 Å². The monoisotopic (exact) mass is 285 g/mol. The third-order valence-corrected chi connectivity index (χ3v) is 4.11. The van der Waals surface area contributed by atoms with E-state index in [9.17, 15) is 0 Å². The van der Waals surface area contributed by atoms with E-state index in [1.165, 1.54) is 17.5 Å². The van der Waals surface area contributed by atoms with Gasteiger partial charge in [0.15, 0.2) is 0 Å². The first kappa shape index (κ1) is 14.3. The van der Waals surface area contributed by atoms with E-state index in [0.29, 0.717) is 12.0 Å². The molecule has 2 aromatic rings. The van der Waals surface area contributed by atoms with Crippen LogP contribution >= 0.6 is 0 Å². The van der Waals surface area contributed by atoms with E-state index in [1.54, 1.807) is 0 Å². The average Bonchev–Trinajstić information content (AvgIpc) is 3.16. The van der Waals surface area contributed by atoms with Gasteiger partial charge in [0.25, 0.3) is 0 Å². The second-order valence-electron chi connectivity index (χ2n) is 5.83. The maximum Gasteiger partial charge on any atom is 0.0534 e. The molecule has 0 bridgehead atoms. The Morgan fingerprint density at radius 1 is 1.38 bits per heavy atom. The fraction of sp³-hybridized carbons (Fsp3) is 0.471. The average molecular weight is 285 g/mol. The molecule has 1 fully saturated rings. The highest BCUT2D eigenvalue weighted by Gasteiger charge is 2.21. The smallest absolute Gasteiger partial charge is 0.0534 e. The lowest BCUT2D eigenvalue weighted by Crippen LogP contribution is -2.23. The first-order valence-corrected chi connectivity index (χ1v) is 7.65. The maximum absolute atomic E-state index is 5.52. The van der Waals surface area contributed by atoms with Crippen LogP contribution in [-0.2, 0) is 18.3 Å². The summed E-state index contributed by atoms with van der Waals surface area (Å²) in [4.78, 5) is 0. The number of nitrogens with zero attached hydrogens (tertiary/aromatic N) is 2. The molecule has 0 radical (unpaired) electrons. The van der Waals surface area contributed by atoms with Crippen molar-refractivity contribution < 1.29 is 4.74 Å². The molecule has 1 N–H and O–H groups in total. The highest BCUT2D eigenvalue weighted by Crippen LogP contribution is 2.26. The first-order chi connectivity index (χ1) is 10.3. The highest BCUT2D eigenvalue weighted by atomic mass is 16.5. The van der Waals surface area contributed by atoms with Crippen LogP contribution < -0.4 is 5.32 Å². The number of hydrogen-bond acceptors (Lipinski definition) is 3. The van der Waals surface area contributed by atoms with E-state index in [0.717, 1.165) is 26.2 Å². The second kappa shape index (κ2) is 6.87. The Balaban J connectivity index is 1.66. The van der Waals surface area contributed by atoms with E-state index in [4.69, 9.17) is 4.74 Å². The summed E-state index contributed by atoms with van der Waals surface area (Å²) in [7, 11) is 1.95. The minimum absolute atomic E-state index is 0.373. The number of benzene rings is 1. The summed E-state index contributed by atoms with van der Waals surface area (Å²) >= 11 is 0. The Morgan fingerprint density at radius 3 is 2.90 bits per heavy atom. The van der Waals surface area contributed by atoms with Crippen molar-refractivity contribution >= 4 is 0 Å². The summed E-state index contributed by atoms with van der Waals surface area (Å²) in [6, 6.07) is 11.1. The Bertz CT molecular complexity index is 546. The Hall–Kier alpha value is -1.65. The number of rotatable bonds is 6. The van der Waals surface area contributed by atoms with Crippen molar-refractivity contribution in [1.29, 1.82) is 0 Å². The zero-order valence-electron chi connectivity index (χ0n) is 12.5. The molecule has 4 nitrogen and oxygen atoms in total. The molecule has 21 heavy (non-hydrogen) atoms. The predicted molar refractivity (Wildman–Crippen MR) is 82.8 cm³/mol. The summed E-state index contributed by atoms with van der Waals surface area (Å²) in [5, 5.41) is 7.91. The molecule has 1 aromatic heterocycles. The highest BCUT2D eigenvalue weighted by molar-refractivity contribution is 5.19. The first-order valence-electron chi connectivity index (χ1n) is 7.65. The van der Waals surface area contributed by atoms with Crippen molar-refractivity contribution in [2.24, 2.45) is 13.0 Å². The molecular weight excluding hydrogens is 262 g/mol. The largest absolute Gasteiger partial charge is 0.381 e. The van der Waals surface area contributed by atoms with Crippen molar-refractivity contribution in [3.05, 3.63) is 53.9 Å². The lowest BCUT2D eigenvalue weighted by atomic mass is 9.94. The van der Waals surface area contributed by atoms with Gasteiger partial charge in [-0.25, -0.2) is 0 Å². The number of aryl methyl sites for hydroxylation is 1. The van der Waals surface area contributed by atoms with Gasteiger partial charge >= 0.3 is 0 Å². The normalized spacial score (nSPS) is 19.8. The van der Waals surface area contributed by atoms with Crippen molar-refractivity contribution in [3.8, 4) is 0 Å². The molecule has 3 rings (SSSR count). The van der Waals surface area contributed by atoms with Gasteiger partial charge in [0.1, 0.15) is 0 Å². The van der Waals surface area contributed by atoms with E-state index >= 15 is 0 Å². The minimum Gasteiger partial charge on any atom is -0.381 e. The third-order valence-electron chi connectivity index (χ3n) is 4.11. The van der Waals surface area contributed by atoms with Crippen LogP contribution in [0, 0.1) is 5.92 Å². The summed E-state index contributed by atoms with van der Waals surface area (Å²) < 4.78 is 7.37. The Morgan fingerprint density at radius 2 is 2.24 bits per heavy atom. The standard InChI is InChI=1S/C17H23N3O/c1-20-12-15(11-19-20)10-18-17(9-14-7-8-21-13-14)16-5-3-2-4-6-16/h2-6,11-12,14,17-18H,7-10,13H2,1H3. The maximum atomic E-state index is 5.52. The van der Waals surface area contributed by atoms with Crippen LogP contribution in [0.2, 0.25) is 0 Å². The summed E-state index contributed by atoms with van der Waals surface area (Å²) in [6.45, 7) is 2.66. The van der Waals surface area contributed by atoms with Crippen LogP contribution in [0.4, 0.5) is 0 Å². The molecule has 1 aromatic carbocycles. The van der Waals surface area contributed by atoms with Gasteiger partial charge in [-0.05, 0) is 24.3 Å². The van der Waals surface area contributed by atoms with Gasteiger partial charge in [-0.15, -0.1) is 0 Å². The number of nitrogens with one attached hydrogen (secondary N) is 1. The van der Waals surface area contributed by atoms with Crippen molar-refractivity contribution in [2.45, 2.75) is 25.4 Å². The van der Waals surface area contributed by atoms with Gasteiger partial charge in [-0.2, -0.15) is 5.10 Å². The number of aromatic nitrogens is 2. The van der Waals surface area contributed by atoms with Gasteiger partial charge in [0.05, 0.1) is 6.20 Å². The molecule has 4 heteroatoms. The topological polar surface area (TPSA) is 39.1 Å². The quantitative estimate of drug-likeness (QED) is 0.887. The Kier molecular flexibility index (Phi) is 4.68. The van der Waals surface area contributed by atoms with E-state index in [1.807, 2.05) is 17.9 Å². The van der Waals surface area contributed by atoms with Crippen LogP contribution in [-0.4, -0.2) is 23.0 Å². The fourth-order valence-electron chi connectivity index (χ4n) is 2.93. The summed E-state index contributed by atoms with van der Waals surface area (Å²) in [5.41, 5.74) is 2.58. The van der Waals surface area contributed by atoms with Crippen LogP contribution in [0.15, 0.2) is 42.7 Å². The van der Waals surface area contributed by atoms with E-state index in [2.05, 4.69) is 46.9 Å². The lowest BCUT2D eigenvalue weighted by Gasteiger charge is -2.21. The third kappa shape index (κ3) is 3.93. The van der Waals surface area contributed by atoms with Crippen molar-refractivity contribution in [1.82, 2.24) is 15.1 Å². The summed E-state index contributed by atoms with van der Waals surface area (Å²) in [6.07, 6.45) is 6.30. The SMILES string of the molecule is Cn1cc(CNC(CC2CCOC2)c2ccccc2)cn1. The zero-order valence-corrected chi connectivity index (χ0v) is 12.5. The molecule has 0 spiro atoms. The minimum atomic E-state index is 0.373. The number of hydrogen-bond donors (Lipinski definition) is 1. The molecule has 1 aliphatic rings. The summed E-state index contributed by atoms with van der Waals surface area (Å²) in [5.74, 6) is 0.664. The van der Waals surface area contributed by atoms with Crippen LogP contribution in [0.5, 0.6) is 0 Å². The molecule has 0 saturated carbocycles. The molecule has 112 valence electrons. The zero-order chi connectivity index (χ0) is 14.5. The fourth-order valence-corrected chi connectivity index (χ4v) is 2.93. The van der Waals surface area contributed by atoms with Crippen LogP contribution in [0.1, 0.15) is 30.0 Å². The van der Waals surface area contributed by atoms with Gasteiger partial charge in [0.2, 0.25) is 0 Å². The Labute approximate surface area is 126 Å². The molecule has 1 aliphatic heterocycles. The van der Waals surface area contributed by atoms with Crippen LogP contribution in [0.25, 0.3) is 0 Å². The van der Waals surface area contributed by atoms with E-state index in [-0.39, 0.29) is 0 Å². The molecule has 0 aliphatic carbocycles. The molecule has 1 saturated heterocycles. The molecule has 2 heterocycles. The van der Waals surface area contributed by atoms with Gasteiger partial charge < -0.3 is 10.1 Å². The van der Waals surface area contributed by atoms with Crippen LogP contribution in [0.3, 0.4) is 0 Å². The predicted octanol–water partition coefficient (Wildman–Crippen LogP) is 2.68. The lowest BCUT2D eigenvalue weighted by molar-refractivity contribution is 0.181. The second-order valence-corrected chi connectivity index (χ2v) is 5.83. The molecule has 2 unspecified atom stereocenters. The van der Waals surface area contributed by atoms with Gasteiger partial charge in [0, 0.05) is 44.6 Å².